The van der Waals surface area contributed by atoms with E-state index in [0.29, 0.717) is 5.92 Å². The van der Waals surface area contributed by atoms with Gasteiger partial charge in [-0.15, -0.1) is 18.3 Å². The van der Waals surface area contributed by atoms with Crippen LogP contribution in [0.3, 0.4) is 0 Å². The molecular formula is C12H10F3N3O. The predicted molar refractivity (Wildman–Crippen MR) is 60.0 cm³/mol. The fraction of sp³-hybridized carbons (Fsp3) is 0.333. The van der Waals surface area contributed by atoms with E-state index in [0.717, 1.165) is 18.5 Å². The molecule has 0 spiro atoms. The highest BCUT2D eigenvalue weighted by Crippen LogP contribution is 2.39. The molecule has 0 atom stereocenters. The lowest BCUT2D eigenvalue weighted by Gasteiger charge is -2.12. The number of ether oxygens (including phenoxy) is 1. The van der Waals surface area contributed by atoms with Crippen LogP contribution in [0.15, 0.2) is 30.5 Å². The molecule has 1 aliphatic rings. The van der Waals surface area contributed by atoms with E-state index in [4.69, 9.17) is 0 Å². The first-order valence-electron chi connectivity index (χ1n) is 5.80. The van der Waals surface area contributed by atoms with Crippen LogP contribution in [-0.4, -0.2) is 21.4 Å². The molecule has 100 valence electrons. The molecule has 1 heterocycles. The van der Waals surface area contributed by atoms with Crippen LogP contribution in [0, 0.1) is 0 Å². The van der Waals surface area contributed by atoms with Crippen LogP contribution in [0.2, 0.25) is 0 Å². The van der Waals surface area contributed by atoms with Crippen molar-refractivity contribution in [3.63, 3.8) is 0 Å². The van der Waals surface area contributed by atoms with Gasteiger partial charge in [-0.3, -0.25) is 0 Å². The molecule has 1 fully saturated rings. The zero-order valence-electron chi connectivity index (χ0n) is 9.76. The van der Waals surface area contributed by atoms with E-state index in [1.165, 1.54) is 22.9 Å². The van der Waals surface area contributed by atoms with Crippen LogP contribution in [0.25, 0.3) is 5.69 Å². The number of aromatic nitrogens is 3. The molecule has 0 amide bonds. The summed E-state index contributed by atoms with van der Waals surface area (Å²) in [5.41, 5.74) is 1.03. The summed E-state index contributed by atoms with van der Waals surface area (Å²) in [4.78, 5) is 0. The molecule has 0 aliphatic heterocycles. The molecule has 0 saturated heterocycles. The molecule has 1 saturated carbocycles. The van der Waals surface area contributed by atoms with Crippen LogP contribution in [0.4, 0.5) is 13.2 Å². The van der Waals surface area contributed by atoms with Gasteiger partial charge in [-0.25, -0.2) is 4.68 Å². The fourth-order valence-corrected chi connectivity index (χ4v) is 1.82. The first-order chi connectivity index (χ1) is 9.03. The molecule has 0 bridgehead atoms. The Morgan fingerprint density at radius 2 is 1.95 bits per heavy atom. The van der Waals surface area contributed by atoms with Crippen LogP contribution in [0.5, 0.6) is 5.75 Å². The van der Waals surface area contributed by atoms with Gasteiger partial charge in [-0.1, -0.05) is 17.3 Å². The summed E-state index contributed by atoms with van der Waals surface area (Å²) in [6, 6.07) is 5.86. The Morgan fingerprint density at radius 1 is 1.21 bits per heavy atom. The molecule has 4 nitrogen and oxygen atoms in total. The standard InChI is InChI=1S/C12H10F3N3O/c13-12(14,15)19-11-4-2-1-3-10(11)18-7-9(16-17-18)8-5-6-8/h1-4,7-8H,5-6H2. The number of hydrogen-bond acceptors (Lipinski definition) is 3. The van der Waals surface area contributed by atoms with Crippen LogP contribution in [-0.2, 0) is 0 Å². The van der Waals surface area contributed by atoms with Crippen LogP contribution in [0.1, 0.15) is 24.5 Å². The van der Waals surface area contributed by atoms with Gasteiger partial charge in [0.1, 0.15) is 5.69 Å². The Balaban J connectivity index is 1.94. The molecule has 3 rings (SSSR count). The zero-order chi connectivity index (χ0) is 13.5. The molecule has 0 radical (unpaired) electrons. The molecule has 0 unspecified atom stereocenters. The number of hydrogen-bond donors (Lipinski definition) is 0. The summed E-state index contributed by atoms with van der Waals surface area (Å²) in [7, 11) is 0. The molecule has 2 aromatic rings. The molecule has 7 heteroatoms. The maximum absolute atomic E-state index is 12.3. The van der Waals surface area contributed by atoms with Crippen molar-refractivity contribution in [2.24, 2.45) is 0 Å². The van der Waals surface area contributed by atoms with Crippen molar-refractivity contribution >= 4 is 0 Å². The Labute approximate surface area is 106 Å². The van der Waals surface area contributed by atoms with E-state index < -0.39 is 6.36 Å². The van der Waals surface area contributed by atoms with Crippen molar-refractivity contribution in [1.82, 2.24) is 15.0 Å². The zero-order valence-corrected chi connectivity index (χ0v) is 9.76. The summed E-state index contributed by atoms with van der Waals surface area (Å²) in [6.07, 6.45) is -0.967. The lowest BCUT2D eigenvalue weighted by molar-refractivity contribution is -0.274. The second kappa shape index (κ2) is 4.25. The van der Waals surface area contributed by atoms with Crippen molar-refractivity contribution in [3.8, 4) is 11.4 Å². The average molecular weight is 269 g/mol. The van der Waals surface area contributed by atoms with Gasteiger partial charge in [-0.2, -0.15) is 0 Å². The minimum Gasteiger partial charge on any atom is -0.403 e. The summed E-state index contributed by atoms with van der Waals surface area (Å²) < 4.78 is 42.2. The number of halogens is 3. The number of rotatable bonds is 3. The first-order valence-corrected chi connectivity index (χ1v) is 5.80. The Bertz CT molecular complexity index is 590. The van der Waals surface area contributed by atoms with E-state index in [1.54, 1.807) is 12.3 Å². The van der Waals surface area contributed by atoms with Gasteiger partial charge in [0.2, 0.25) is 0 Å². The minimum atomic E-state index is -4.73. The third-order valence-electron chi connectivity index (χ3n) is 2.84. The lowest BCUT2D eigenvalue weighted by Crippen LogP contribution is -2.18. The fourth-order valence-electron chi connectivity index (χ4n) is 1.82. The molecule has 1 aliphatic carbocycles. The molecule has 1 aromatic carbocycles. The van der Waals surface area contributed by atoms with Gasteiger partial charge in [0.15, 0.2) is 5.75 Å². The predicted octanol–water partition coefficient (Wildman–Crippen LogP) is 3.04. The van der Waals surface area contributed by atoms with Crippen molar-refractivity contribution < 1.29 is 17.9 Å². The van der Waals surface area contributed by atoms with Gasteiger partial charge in [0.05, 0.1) is 11.9 Å². The summed E-state index contributed by atoms with van der Waals surface area (Å²) in [6.45, 7) is 0. The highest BCUT2D eigenvalue weighted by Gasteiger charge is 2.32. The monoisotopic (exact) mass is 269 g/mol. The third-order valence-corrected chi connectivity index (χ3v) is 2.84. The SMILES string of the molecule is FC(F)(F)Oc1ccccc1-n1cc(C2CC2)nn1. The van der Waals surface area contributed by atoms with E-state index >= 15 is 0 Å². The van der Waals surface area contributed by atoms with Crippen molar-refractivity contribution in [3.05, 3.63) is 36.2 Å². The van der Waals surface area contributed by atoms with Gasteiger partial charge in [-0.05, 0) is 25.0 Å². The second-order valence-corrected chi connectivity index (χ2v) is 4.38. The number of benzene rings is 1. The number of alkyl halides is 3. The highest BCUT2D eigenvalue weighted by atomic mass is 19.4. The molecule has 0 N–H and O–H groups in total. The van der Waals surface area contributed by atoms with Crippen molar-refractivity contribution in [1.29, 1.82) is 0 Å². The summed E-state index contributed by atoms with van der Waals surface area (Å²) >= 11 is 0. The maximum atomic E-state index is 12.3. The quantitative estimate of drug-likeness (QED) is 0.859. The third kappa shape index (κ3) is 2.69. The molecular weight excluding hydrogens is 259 g/mol. The minimum absolute atomic E-state index is 0.222. The van der Waals surface area contributed by atoms with E-state index in [-0.39, 0.29) is 11.4 Å². The maximum Gasteiger partial charge on any atom is 0.573 e. The molecule has 19 heavy (non-hydrogen) atoms. The van der Waals surface area contributed by atoms with E-state index in [2.05, 4.69) is 15.0 Å². The summed E-state index contributed by atoms with van der Waals surface area (Å²) in [5.74, 6) is 0.103. The van der Waals surface area contributed by atoms with Gasteiger partial charge in [0, 0.05) is 5.92 Å². The molecule has 1 aromatic heterocycles. The van der Waals surface area contributed by atoms with Crippen molar-refractivity contribution in [2.75, 3.05) is 0 Å². The van der Waals surface area contributed by atoms with Crippen LogP contribution < -0.4 is 4.74 Å². The van der Waals surface area contributed by atoms with Crippen molar-refractivity contribution in [2.45, 2.75) is 25.1 Å². The number of para-hydroxylation sites is 2. The Morgan fingerprint density at radius 3 is 2.63 bits per heavy atom. The summed E-state index contributed by atoms with van der Waals surface area (Å²) in [5, 5.41) is 7.83. The highest BCUT2D eigenvalue weighted by molar-refractivity contribution is 5.46. The van der Waals surface area contributed by atoms with Gasteiger partial charge < -0.3 is 4.74 Å². The van der Waals surface area contributed by atoms with Gasteiger partial charge in [0.25, 0.3) is 0 Å². The lowest BCUT2D eigenvalue weighted by atomic mass is 10.3. The first kappa shape index (κ1) is 12.0. The second-order valence-electron chi connectivity index (χ2n) is 4.38. The van der Waals surface area contributed by atoms with Gasteiger partial charge >= 0.3 is 6.36 Å². The van der Waals surface area contributed by atoms with Crippen LogP contribution >= 0.6 is 0 Å². The van der Waals surface area contributed by atoms with E-state index in [1.807, 2.05) is 0 Å². The largest absolute Gasteiger partial charge is 0.573 e. The average Bonchev–Trinajstić information content (AvgIpc) is 3.07. The van der Waals surface area contributed by atoms with E-state index in [9.17, 15) is 13.2 Å². The topological polar surface area (TPSA) is 39.9 Å². The Hall–Kier alpha value is -2.05. The normalized spacial score (nSPS) is 15.5. The number of nitrogens with zero attached hydrogens (tertiary/aromatic N) is 3. The smallest absolute Gasteiger partial charge is 0.403 e. The Kier molecular flexibility index (Phi) is 2.69.